The number of thioether (sulfide) groups is 2. The van der Waals surface area contributed by atoms with Gasteiger partial charge in [-0.2, -0.15) is 23.5 Å². The molecule has 20 heavy (non-hydrogen) atoms. The Morgan fingerprint density at radius 2 is 2.15 bits per heavy atom. The lowest BCUT2D eigenvalue weighted by Crippen LogP contribution is -2.46. The van der Waals surface area contributed by atoms with Crippen LogP contribution in [-0.2, 0) is 6.42 Å². The minimum absolute atomic E-state index is 0.129. The van der Waals surface area contributed by atoms with E-state index < -0.39 is 0 Å². The Kier molecular flexibility index (Phi) is 6.72. The van der Waals surface area contributed by atoms with Crippen LogP contribution >= 0.6 is 23.5 Å². The van der Waals surface area contributed by atoms with Gasteiger partial charge in [-0.1, -0.05) is 26.0 Å². The maximum absolute atomic E-state index is 13.4. The van der Waals surface area contributed by atoms with Gasteiger partial charge in [0.15, 0.2) is 0 Å². The summed E-state index contributed by atoms with van der Waals surface area (Å²) in [6.07, 6.45) is 2.05. The number of hydrogen-bond donors (Lipinski definition) is 1. The van der Waals surface area contributed by atoms with Crippen LogP contribution in [0.4, 0.5) is 4.39 Å². The van der Waals surface area contributed by atoms with Crippen LogP contribution in [0.25, 0.3) is 0 Å². The molecule has 0 aliphatic carbocycles. The average Bonchev–Trinajstić information content (AvgIpc) is 2.44. The van der Waals surface area contributed by atoms with Gasteiger partial charge in [0, 0.05) is 28.0 Å². The van der Waals surface area contributed by atoms with E-state index >= 15 is 0 Å². The predicted molar refractivity (Wildman–Crippen MR) is 90.4 cm³/mol. The summed E-state index contributed by atoms with van der Waals surface area (Å²) < 4.78 is 13.4. The lowest BCUT2D eigenvalue weighted by Gasteiger charge is -2.35. The molecule has 0 saturated carbocycles. The van der Waals surface area contributed by atoms with Crippen molar-refractivity contribution in [3.8, 4) is 0 Å². The zero-order valence-corrected chi connectivity index (χ0v) is 13.9. The van der Waals surface area contributed by atoms with Crippen LogP contribution in [0.3, 0.4) is 0 Å². The van der Waals surface area contributed by atoms with Crippen LogP contribution in [0.2, 0.25) is 0 Å². The molecular formula is C16H24FNS2. The van der Waals surface area contributed by atoms with Crippen molar-refractivity contribution in [3.63, 3.8) is 0 Å². The summed E-state index contributed by atoms with van der Waals surface area (Å²) in [5.74, 6) is 2.35. The molecule has 0 radical (unpaired) electrons. The molecule has 2 rings (SSSR count). The Bertz CT molecular complexity index is 413. The molecule has 1 heterocycles. The summed E-state index contributed by atoms with van der Waals surface area (Å²) in [5.41, 5.74) is 1.10. The second-order valence-corrected chi connectivity index (χ2v) is 8.08. The number of hydrogen-bond acceptors (Lipinski definition) is 3. The molecule has 1 fully saturated rings. The van der Waals surface area contributed by atoms with E-state index in [1.807, 2.05) is 12.1 Å². The largest absolute Gasteiger partial charge is 0.313 e. The normalized spacial score (nSPS) is 24.6. The van der Waals surface area contributed by atoms with Crippen LogP contribution in [0, 0.1) is 5.82 Å². The third-order valence-corrected chi connectivity index (χ3v) is 6.89. The first-order valence-electron chi connectivity index (χ1n) is 7.41. The van der Waals surface area contributed by atoms with Crippen molar-refractivity contribution in [2.24, 2.45) is 0 Å². The van der Waals surface area contributed by atoms with Crippen molar-refractivity contribution in [1.82, 2.24) is 5.32 Å². The highest BCUT2D eigenvalue weighted by molar-refractivity contribution is 8.07. The highest BCUT2D eigenvalue weighted by Crippen LogP contribution is 2.34. The SMILES string of the molecule is CCCNC(Cc1cccc(F)c1)C1SCCSC1C. The molecule has 1 aromatic rings. The lowest BCUT2D eigenvalue weighted by atomic mass is 10.0. The third kappa shape index (κ3) is 4.68. The second kappa shape index (κ2) is 8.30. The van der Waals surface area contributed by atoms with Gasteiger partial charge in [-0.15, -0.1) is 0 Å². The van der Waals surface area contributed by atoms with Crippen molar-refractivity contribution in [3.05, 3.63) is 35.6 Å². The Morgan fingerprint density at radius 1 is 1.35 bits per heavy atom. The van der Waals surface area contributed by atoms with E-state index in [0.29, 0.717) is 16.5 Å². The minimum atomic E-state index is -0.129. The van der Waals surface area contributed by atoms with Gasteiger partial charge >= 0.3 is 0 Å². The first-order chi connectivity index (χ1) is 9.70. The molecule has 0 aromatic heterocycles. The van der Waals surface area contributed by atoms with Crippen LogP contribution in [0.1, 0.15) is 25.8 Å². The topological polar surface area (TPSA) is 12.0 Å². The smallest absolute Gasteiger partial charge is 0.123 e. The van der Waals surface area contributed by atoms with Gasteiger partial charge in [-0.3, -0.25) is 0 Å². The molecule has 1 aliphatic rings. The summed E-state index contributed by atoms with van der Waals surface area (Å²) in [6, 6.07) is 7.48. The Labute approximate surface area is 130 Å². The van der Waals surface area contributed by atoms with Gasteiger partial charge < -0.3 is 5.32 Å². The summed E-state index contributed by atoms with van der Waals surface area (Å²) in [7, 11) is 0. The van der Waals surface area contributed by atoms with E-state index in [2.05, 4.69) is 42.7 Å². The molecule has 1 nitrogen and oxygen atoms in total. The fourth-order valence-electron chi connectivity index (χ4n) is 2.64. The monoisotopic (exact) mass is 313 g/mol. The van der Waals surface area contributed by atoms with E-state index in [1.165, 1.54) is 17.6 Å². The first kappa shape index (κ1) is 16.2. The fourth-order valence-corrected chi connectivity index (χ4v) is 5.60. The maximum atomic E-state index is 13.4. The van der Waals surface area contributed by atoms with Crippen molar-refractivity contribution >= 4 is 23.5 Å². The highest BCUT2D eigenvalue weighted by Gasteiger charge is 2.30. The number of nitrogens with one attached hydrogen (secondary N) is 1. The highest BCUT2D eigenvalue weighted by atomic mass is 32.2. The first-order valence-corrected chi connectivity index (χ1v) is 9.51. The van der Waals surface area contributed by atoms with Crippen molar-refractivity contribution in [2.75, 3.05) is 18.1 Å². The van der Waals surface area contributed by atoms with Gasteiger partial charge in [0.05, 0.1) is 0 Å². The minimum Gasteiger partial charge on any atom is -0.313 e. The molecule has 1 saturated heterocycles. The molecule has 3 unspecified atom stereocenters. The number of benzene rings is 1. The van der Waals surface area contributed by atoms with Crippen molar-refractivity contribution in [1.29, 1.82) is 0 Å². The second-order valence-electron chi connectivity index (χ2n) is 5.31. The fraction of sp³-hybridized carbons (Fsp3) is 0.625. The standard InChI is InChI=1S/C16H24FNS2/c1-3-7-18-15(16-12(2)19-8-9-20-16)11-13-5-4-6-14(17)10-13/h4-6,10,12,15-16,18H,3,7-9,11H2,1-2H3. The molecule has 1 aliphatic heterocycles. The molecule has 4 heteroatoms. The van der Waals surface area contributed by atoms with Crippen molar-refractivity contribution in [2.45, 2.75) is 43.2 Å². The summed E-state index contributed by atoms with van der Waals surface area (Å²) >= 11 is 4.14. The predicted octanol–water partition coefficient (Wildman–Crippen LogP) is 3.97. The summed E-state index contributed by atoms with van der Waals surface area (Å²) in [6.45, 7) is 5.56. The van der Waals surface area contributed by atoms with E-state index in [9.17, 15) is 4.39 Å². The lowest BCUT2D eigenvalue weighted by molar-refractivity contribution is 0.485. The van der Waals surface area contributed by atoms with Gasteiger partial charge in [0.2, 0.25) is 0 Å². The quantitative estimate of drug-likeness (QED) is 0.853. The van der Waals surface area contributed by atoms with Crippen molar-refractivity contribution < 1.29 is 4.39 Å². The van der Waals surface area contributed by atoms with E-state index in [0.717, 1.165) is 24.9 Å². The Hall–Kier alpha value is -0.190. The van der Waals surface area contributed by atoms with Crippen LogP contribution in [-0.4, -0.2) is 34.6 Å². The molecular weight excluding hydrogens is 289 g/mol. The Balaban J connectivity index is 2.06. The van der Waals surface area contributed by atoms with Gasteiger partial charge in [-0.25, -0.2) is 4.39 Å². The molecule has 0 amide bonds. The number of halogens is 1. The van der Waals surface area contributed by atoms with Gasteiger partial charge in [0.1, 0.15) is 5.82 Å². The van der Waals surface area contributed by atoms with Gasteiger partial charge in [-0.05, 0) is 37.1 Å². The third-order valence-electron chi connectivity index (χ3n) is 3.63. The molecule has 3 atom stereocenters. The molecule has 1 N–H and O–H groups in total. The molecule has 1 aromatic carbocycles. The Morgan fingerprint density at radius 3 is 2.85 bits per heavy atom. The molecule has 0 spiro atoms. The summed E-state index contributed by atoms with van der Waals surface area (Å²) in [5, 5.41) is 4.96. The van der Waals surface area contributed by atoms with Crippen LogP contribution in [0.5, 0.6) is 0 Å². The van der Waals surface area contributed by atoms with E-state index in [4.69, 9.17) is 0 Å². The van der Waals surface area contributed by atoms with E-state index in [1.54, 1.807) is 6.07 Å². The van der Waals surface area contributed by atoms with E-state index in [-0.39, 0.29) is 5.82 Å². The number of rotatable bonds is 6. The zero-order chi connectivity index (χ0) is 14.4. The zero-order valence-electron chi connectivity index (χ0n) is 12.3. The average molecular weight is 314 g/mol. The maximum Gasteiger partial charge on any atom is 0.123 e. The molecule has 112 valence electrons. The van der Waals surface area contributed by atoms with Crippen LogP contribution < -0.4 is 5.32 Å². The van der Waals surface area contributed by atoms with Gasteiger partial charge in [0.25, 0.3) is 0 Å². The molecule has 0 bridgehead atoms. The van der Waals surface area contributed by atoms with Crippen LogP contribution in [0.15, 0.2) is 24.3 Å². The summed E-state index contributed by atoms with van der Waals surface area (Å²) in [4.78, 5) is 0.